The largest absolute Gasteiger partial charge is 0.360 e. The van der Waals surface area contributed by atoms with Gasteiger partial charge in [0.15, 0.2) is 0 Å². The van der Waals surface area contributed by atoms with Gasteiger partial charge in [-0.05, 0) is 13.8 Å². The summed E-state index contributed by atoms with van der Waals surface area (Å²) in [5.74, 6) is 0. The normalized spacial score (nSPS) is 18.3. The maximum Gasteiger partial charge on any atom is 0.0282 e. The minimum absolute atomic E-state index is 1.19. The Morgan fingerprint density at radius 2 is 1.67 bits per heavy atom. The molecule has 0 saturated heterocycles. The Balaban J connectivity index is 2.69. The van der Waals surface area contributed by atoms with Crippen LogP contribution >= 0.6 is 0 Å². The van der Waals surface area contributed by atoms with Gasteiger partial charge in [0.2, 0.25) is 0 Å². The summed E-state index contributed by atoms with van der Waals surface area (Å²) < 4.78 is 0. The molecule has 50 valence electrons. The number of nitrogens with zero attached hydrogens (tertiary/aromatic N) is 1. The van der Waals surface area contributed by atoms with Gasteiger partial charge in [-0.2, -0.15) is 0 Å². The number of allylic oxidation sites excluding steroid dienone is 2. The van der Waals surface area contributed by atoms with Crippen LogP contribution in [0.25, 0.3) is 0 Å². The van der Waals surface area contributed by atoms with Crippen LogP contribution in [-0.2, 0) is 0 Å². The molecule has 0 amide bonds. The number of hydrogen-bond acceptors (Lipinski definition) is 2. The molecule has 0 aromatic heterocycles. The summed E-state index contributed by atoms with van der Waals surface area (Å²) in [7, 11) is 2.02. The summed E-state index contributed by atoms with van der Waals surface area (Å²) in [5.41, 5.74) is 2.38. The smallest absolute Gasteiger partial charge is 0.0282 e. The quantitative estimate of drug-likeness (QED) is 0.522. The van der Waals surface area contributed by atoms with Crippen LogP contribution in [0.3, 0.4) is 0 Å². The van der Waals surface area contributed by atoms with Crippen molar-refractivity contribution in [2.45, 2.75) is 13.8 Å². The first-order valence-corrected chi connectivity index (χ1v) is 3.04. The van der Waals surface area contributed by atoms with Gasteiger partial charge in [-0.1, -0.05) is 0 Å². The number of nitrogens with one attached hydrogen (secondary N) is 1. The van der Waals surface area contributed by atoms with Crippen LogP contribution in [0.2, 0.25) is 0 Å². The Labute approximate surface area is 55.9 Å². The summed E-state index contributed by atoms with van der Waals surface area (Å²) in [6.45, 7) is 4.10. The van der Waals surface area contributed by atoms with Gasteiger partial charge in [-0.15, -0.1) is 0 Å². The fraction of sp³-hybridized carbons (Fsp3) is 0.429. The van der Waals surface area contributed by atoms with E-state index in [1.165, 1.54) is 11.4 Å². The first kappa shape index (κ1) is 6.20. The fourth-order valence-corrected chi connectivity index (χ4v) is 1.02. The first-order valence-electron chi connectivity index (χ1n) is 3.04. The lowest BCUT2D eigenvalue weighted by atomic mass is 10.4. The average molecular weight is 124 g/mol. The summed E-state index contributed by atoms with van der Waals surface area (Å²) >= 11 is 0. The van der Waals surface area contributed by atoms with Crippen LogP contribution in [0.4, 0.5) is 0 Å². The van der Waals surface area contributed by atoms with Gasteiger partial charge in [0.1, 0.15) is 0 Å². The minimum atomic E-state index is 1.19. The van der Waals surface area contributed by atoms with Crippen molar-refractivity contribution >= 4 is 0 Å². The van der Waals surface area contributed by atoms with Crippen LogP contribution in [0, 0.1) is 0 Å². The SMILES string of the molecule is CC1=CN(C)C=C(C)N1. The van der Waals surface area contributed by atoms with Crippen LogP contribution in [0.5, 0.6) is 0 Å². The van der Waals surface area contributed by atoms with Gasteiger partial charge in [0.25, 0.3) is 0 Å². The van der Waals surface area contributed by atoms with E-state index in [9.17, 15) is 0 Å². The Bertz CT molecular complexity index is 150. The van der Waals surface area contributed by atoms with Crippen molar-refractivity contribution in [2.24, 2.45) is 0 Å². The number of hydrogen-bond donors (Lipinski definition) is 1. The standard InChI is InChI=1S/C7H12N2/c1-6-4-9(3)5-7(2)8-6/h4-5,8H,1-3H3. The lowest BCUT2D eigenvalue weighted by Gasteiger charge is -2.19. The Kier molecular flexibility index (Phi) is 1.47. The second-order valence-corrected chi connectivity index (χ2v) is 2.41. The Hall–Kier alpha value is -0.920. The van der Waals surface area contributed by atoms with Crippen molar-refractivity contribution in [3.8, 4) is 0 Å². The third-order valence-corrected chi connectivity index (χ3v) is 1.19. The highest BCUT2D eigenvalue weighted by atomic mass is 15.1. The van der Waals surface area contributed by atoms with Crippen LogP contribution in [-0.4, -0.2) is 11.9 Å². The molecule has 1 rings (SSSR count). The van der Waals surface area contributed by atoms with E-state index in [1.54, 1.807) is 0 Å². The fourth-order valence-electron chi connectivity index (χ4n) is 1.02. The summed E-state index contributed by atoms with van der Waals surface area (Å²) in [5, 5.41) is 3.19. The average Bonchev–Trinajstić information content (AvgIpc) is 1.59. The van der Waals surface area contributed by atoms with Crippen molar-refractivity contribution in [1.82, 2.24) is 10.2 Å². The molecule has 9 heavy (non-hydrogen) atoms. The zero-order chi connectivity index (χ0) is 6.85. The predicted octanol–water partition coefficient (Wildman–Crippen LogP) is 1.24. The molecule has 0 spiro atoms. The van der Waals surface area contributed by atoms with E-state index < -0.39 is 0 Å². The molecular weight excluding hydrogens is 112 g/mol. The maximum atomic E-state index is 3.19. The van der Waals surface area contributed by atoms with E-state index in [1.807, 2.05) is 38.2 Å². The van der Waals surface area contributed by atoms with Gasteiger partial charge in [-0.25, -0.2) is 0 Å². The van der Waals surface area contributed by atoms with E-state index in [-0.39, 0.29) is 0 Å². The monoisotopic (exact) mass is 124 g/mol. The molecule has 0 aromatic carbocycles. The molecule has 1 aliphatic heterocycles. The summed E-state index contributed by atoms with van der Waals surface area (Å²) in [4.78, 5) is 2.04. The Morgan fingerprint density at radius 3 is 2.00 bits per heavy atom. The molecule has 2 nitrogen and oxygen atoms in total. The highest BCUT2D eigenvalue weighted by Crippen LogP contribution is 2.03. The van der Waals surface area contributed by atoms with E-state index in [4.69, 9.17) is 0 Å². The third-order valence-electron chi connectivity index (χ3n) is 1.19. The minimum Gasteiger partial charge on any atom is -0.360 e. The lowest BCUT2D eigenvalue weighted by Crippen LogP contribution is -2.19. The molecule has 0 radical (unpaired) electrons. The zero-order valence-electron chi connectivity index (χ0n) is 6.10. The molecule has 0 saturated carbocycles. The van der Waals surface area contributed by atoms with Gasteiger partial charge in [-0.3, -0.25) is 0 Å². The molecule has 0 atom stereocenters. The highest BCUT2D eigenvalue weighted by Gasteiger charge is 1.98. The van der Waals surface area contributed by atoms with E-state index >= 15 is 0 Å². The van der Waals surface area contributed by atoms with Crippen molar-refractivity contribution in [3.05, 3.63) is 23.8 Å². The van der Waals surface area contributed by atoms with Gasteiger partial charge < -0.3 is 10.2 Å². The molecule has 0 unspecified atom stereocenters. The molecule has 0 bridgehead atoms. The van der Waals surface area contributed by atoms with E-state index in [2.05, 4.69) is 5.32 Å². The topological polar surface area (TPSA) is 15.3 Å². The van der Waals surface area contributed by atoms with Crippen LogP contribution in [0.15, 0.2) is 23.8 Å². The van der Waals surface area contributed by atoms with E-state index in [0.29, 0.717) is 0 Å². The molecule has 1 aliphatic rings. The van der Waals surface area contributed by atoms with Crippen molar-refractivity contribution in [2.75, 3.05) is 7.05 Å². The van der Waals surface area contributed by atoms with Gasteiger partial charge >= 0.3 is 0 Å². The summed E-state index contributed by atoms with van der Waals surface area (Å²) in [6, 6.07) is 0. The molecule has 1 N–H and O–H groups in total. The van der Waals surface area contributed by atoms with Crippen molar-refractivity contribution in [3.63, 3.8) is 0 Å². The third kappa shape index (κ3) is 1.49. The molecule has 2 heteroatoms. The molecule has 0 fully saturated rings. The van der Waals surface area contributed by atoms with Crippen molar-refractivity contribution in [1.29, 1.82) is 0 Å². The maximum absolute atomic E-state index is 3.19. The van der Waals surface area contributed by atoms with Gasteiger partial charge in [0.05, 0.1) is 0 Å². The molecular formula is C7H12N2. The Morgan fingerprint density at radius 1 is 1.22 bits per heavy atom. The first-order chi connectivity index (χ1) is 4.18. The van der Waals surface area contributed by atoms with Crippen LogP contribution in [0.1, 0.15) is 13.8 Å². The zero-order valence-corrected chi connectivity index (χ0v) is 6.10. The molecule has 0 aliphatic carbocycles. The van der Waals surface area contributed by atoms with Crippen LogP contribution < -0.4 is 5.32 Å². The second-order valence-electron chi connectivity index (χ2n) is 2.41. The second kappa shape index (κ2) is 2.13. The van der Waals surface area contributed by atoms with E-state index in [0.717, 1.165) is 0 Å². The van der Waals surface area contributed by atoms with Gasteiger partial charge in [0, 0.05) is 30.8 Å². The summed E-state index contributed by atoms with van der Waals surface area (Å²) in [6.07, 6.45) is 4.10. The lowest BCUT2D eigenvalue weighted by molar-refractivity contribution is 0.580. The molecule has 1 heterocycles. The van der Waals surface area contributed by atoms with Crippen molar-refractivity contribution < 1.29 is 0 Å². The highest BCUT2D eigenvalue weighted by molar-refractivity contribution is 5.13. The predicted molar refractivity (Wildman–Crippen MR) is 38.4 cm³/mol. The number of rotatable bonds is 0. The molecule has 0 aromatic rings.